The van der Waals surface area contributed by atoms with Crippen LogP contribution in [0.5, 0.6) is 5.88 Å². The van der Waals surface area contributed by atoms with Crippen molar-refractivity contribution in [2.45, 2.75) is 19.9 Å². The number of nitrogens with zero attached hydrogens (tertiary/aromatic N) is 2. The van der Waals surface area contributed by atoms with Gasteiger partial charge in [-0.2, -0.15) is 5.10 Å². The molecule has 0 aliphatic carbocycles. The van der Waals surface area contributed by atoms with Gasteiger partial charge in [-0.05, 0) is 22.9 Å². The van der Waals surface area contributed by atoms with Crippen molar-refractivity contribution >= 4 is 21.7 Å². The highest BCUT2D eigenvalue weighted by molar-refractivity contribution is 9.10. The largest absolute Gasteiger partial charge is 0.477 e. The third-order valence-corrected chi connectivity index (χ3v) is 2.52. The standard InChI is InChI=1S/C8H9BrN2O2/c1-5(12)6-7(9)10-11-3-2-4-13-8(6)11/h2-4H2,1H3. The zero-order valence-electron chi connectivity index (χ0n) is 7.21. The highest BCUT2D eigenvalue weighted by atomic mass is 79.9. The quantitative estimate of drug-likeness (QED) is 0.706. The first-order valence-corrected chi connectivity index (χ1v) is 4.89. The van der Waals surface area contributed by atoms with Crippen LogP contribution in [0.4, 0.5) is 0 Å². The van der Waals surface area contributed by atoms with Gasteiger partial charge in [-0.25, -0.2) is 4.68 Å². The van der Waals surface area contributed by atoms with Gasteiger partial charge in [0.2, 0.25) is 5.88 Å². The molecule has 0 N–H and O–H groups in total. The molecule has 4 nitrogen and oxygen atoms in total. The summed E-state index contributed by atoms with van der Waals surface area (Å²) in [6, 6.07) is 0. The maximum absolute atomic E-state index is 11.2. The summed E-state index contributed by atoms with van der Waals surface area (Å²) in [5.74, 6) is 0.584. The molecule has 0 atom stereocenters. The summed E-state index contributed by atoms with van der Waals surface area (Å²) in [5.41, 5.74) is 0.555. The highest BCUT2D eigenvalue weighted by Crippen LogP contribution is 2.29. The van der Waals surface area contributed by atoms with E-state index in [0.29, 0.717) is 22.7 Å². The molecule has 1 aromatic heterocycles. The average Bonchev–Trinajstić information content (AvgIpc) is 2.39. The summed E-state index contributed by atoms with van der Waals surface area (Å²) in [6.07, 6.45) is 0.943. The molecule has 70 valence electrons. The van der Waals surface area contributed by atoms with Crippen LogP contribution in [0.3, 0.4) is 0 Å². The number of carbonyl (C=O) groups excluding carboxylic acids is 1. The number of carbonyl (C=O) groups is 1. The van der Waals surface area contributed by atoms with Crippen LogP contribution in [-0.2, 0) is 6.54 Å². The SMILES string of the molecule is CC(=O)c1c(Br)nn2c1OCCC2. The van der Waals surface area contributed by atoms with Crippen LogP contribution in [0.25, 0.3) is 0 Å². The third-order valence-electron chi connectivity index (χ3n) is 1.97. The molecule has 5 heteroatoms. The Bertz CT molecular complexity index is 359. The van der Waals surface area contributed by atoms with Crippen LogP contribution in [0.15, 0.2) is 4.60 Å². The Morgan fingerprint density at radius 2 is 2.46 bits per heavy atom. The van der Waals surface area contributed by atoms with Gasteiger partial charge in [-0.15, -0.1) is 0 Å². The molecule has 2 heterocycles. The average molecular weight is 245 g/mol. The maximum atomic E-state index is 11.2. The number of rotatable bonds is 1. The first-order valence-electron chi connectivity index (χ1n) is 4.10. The van der Waals surface area contributed by atoms with Crippen molar-refractivity contribution in [3.8, 4) is 5.88 Å². The third kappa shape index (κ3) is 1.37. The number of Topliss-reactive ketones (excluding diaryl/α,β-unsaturated/α-hetero) is 1. The van der Waals surface area contributed by atoms with Crippen molar-refractivity contribution in [2.75, 3.05) is 6.61 Å². The van der Waals surface area contributed by atoms with Gasteiger partial charge < -0.3 is 4.74 Å². The Balaban J connectivity index is 2.54. The van der Waals surface area contributed by atoms with Gasteiger partial charge in [0.25, 0.3) is 0 Å². The van der Waals surface area contributed by atoms with E-state index in [1.54, 1.807) is 4.68 Å². The second-order valence-corrected chi connectivity index (χ2v) is 3.70. The summed E-state index contributed by atoms with van der Waals surface area (Å²) < 4.78 is 7.69. The van der Waals surface area contributed by atoms with Gasteiger partial charge in [0, 0.05) is 13.0 Å². The van der Waals surface area contributed by atoms with Crippen molar-refractivity contribution in [3.63, 3.8) is 0 Å². The van der Waals surface area contributed by atoms with Crippen LogP contribution in [-0.4, -0.2) is 22.2 Å². The topological polar surface area (TPSA) is 44.1 Å². The van der Waals surface area contributed by atoms with E-state index in [2.05, 4.69) is 21.0 Å². The first-order chi connectivity index (χ1) is 6.20. The lowest BCUT2D eigenvalue weighted by atomic mass is 10.2. The highest BCUT2D eigenvalue weighted by Gasteiger charge is 2.23. The van der Waals surface area contributed by atoms with Crippen molar-refractivity contribution < 1.29 is 9.53 Å². The van der Waals surface area contributed by atoms with E-state index in [0.717, 1.165) is 13.0 Å². The lowest BCUT2D eigenvalue weighted by Crippen LogP contribution is -2.15. The zero-order valence-corrected chi connectivity index (χ0v) is 8.80. The van der Waals surface area contributed by atoms with Crippen molar-refractivity contribution in [3.05, 3.63) is 10.2 Å². The zero-order chi connectivity index (χ0) is 9.42. The Kier molecular flexibility index (Phi) is 2.11. The number of halogens is 1. The lowest BCUT2D eigenvalue weighted by Gasteiger charge is -2.14. The number of ketones is 1. The van der Waals surface area contributed by atoms with E-state index in [9.17, 15) is 4.79 Å². The molecule has 0 fully saturated rings. The van der Waals surface area contributed by atoms with Crippen LogP contribution in [0.2, 0.25) is 0 Å². The van der Waals surface area contributed by atoms with Gasteiger partial charge in [0.1, 0.15) is 10.2 Å². The van der Waals surface area contributed by atoms with E-state index in [-0.39, 0.29) is 5.78 Å². The predicted octanol–water partition coefficient (Wildman–Crippen LogP) is 1.63. The fourth-order valence-corrected chi connectivity index (χ4v) is 2.04. The van der Waals surface area contributed by atoms with Gasteiger partial charge in [0.15, 0.2) is 5.78 Å². The molecule has 0 saturated carbocycles. The number of fused-ring (bicyclic) bond motifs is 1. The van der Waals surface area contributed by atoms with Crippen molar-refractivity contribution in [1.82, 2.24) is 9.78 Å². The summed E-state index contributed by atoms with van der Waals surface area (Å²) in [4.78, 5) is 11.2. The number of aromatic nitrogens is 2. The minimum atomic E-state index is -0.0185. The molecule has 13 heavy (non-hydrogen) atoms. The minimum Gasteiger partial charge on any atom is -0.477 e. The molecular weight excluding hydrogens is 236 g/mol. The second-order valence-electron chi connectivity index (χ2n) is 2.95. The number of aryl methyl sites for hydroxylation is 1. The van der Waals surface area contributed by atoms with Crippen molar-refractivity contribution in [2.24, 2.45) is 0 Å². The van der Waals surface area contributed by atoms with E-state index in [1.165, 1.54) is 6.92 Å². The molecule has 1 aliphatic rings. The van der Waals surface area contributed by atoms with Gasteiger partial charge >= 0.3 is 0 Å². The summed E-state index contributed by atoms with van der Waals surface area (Å²) >= 11 is 3.25. The molecular formula is C8H9BrN2O2. The second kappa shape index (κ2) is 3.14. The molecule has 0 saturated heterocycles. The molecule has 0 radical (unpaired) electrons. The summed E-state index contributed by atoms with van der Waals surface area (Å²) in [6.45, 7) is 3.00. The van der Waals surface area contributed by atoms with E-state index < -0.39 is 0 Å². The fourth-order valence-electron chi connectivity index (χ4n) is 1.40. The lowest BCUT2D eigenvalue weighted by molar-refractivity contribution is 0.101. The normalized spacial score (nSPS) is 14.9. The molecule has 0 unspecified atom stereocenters. The molecule has 0 amide bonds. The molecule has 1 aliphatic heterocycles. The van der Waals surface area contributed by atoms with Gasteiger partial charge in [-0.1, -0.05) is 0 Å². The van der Waals surface area contributed by atoms with Crippen LogP contribution in [0, 0.1) is 0 Å². The Labute approximate surface area is 84.0 Å². The predicted molar refractivity (Wildman–Crippen MR) is 50.0 cm³/mol. The van der Waals surface area contributed by atoms with E-state index >= 15 is 0 Å². The van der Waals surface area contributed by atoms with Gasteiger partial charge in [0.05, 0.1) is 6.61 Å². The summed E-state index contributed by atoms with van der Waals surface area (Å²) in [7, 11) is 0. The monoisotopic (exact) mass is 244 g/mol. The minimum absolute atomic E-state index is 0.0185. The smallest absolute Gasteiger partial charge is 0.224 e. The van der Waals surface area contributed by atoms with Crippen LogP contribution >= 0.6 is 15.9 Å². The summed E-state index contributed by atoms with van der Waals surface area (Å²) in [5, 5.41) is 4.16. The molecule has 1 aromatic rings. The molecule has 2 rings (SSSR count). The Hall–Kier alpha value is -0.840. The Morgan fingerprint density at radius 3 is 3.15 bits per heavy atom. The van der Waals surface area contributed by atoms with Crippen LogP contribution in [0.1, 0.15) is 23.7 Å². The fraction of sp³-hybridized carbons (Fsp3) is 0.500. The van der Waals surface area contributed by atoms with Gasteiger partial charge in [-0.3, -0.25) is 4.79 Å². The first kappa shape index (κ1) is 8.74. The van der Waals surface area contributed by atoms with E-state index in [4.69, 9.17) is 4.74 Å². The number of ether oxygens (including phenoxy) is 1. The molecule has 0 spiro atoms. The number of hydrogen-bond acceptors (Lipinski definition) is 3. The maximum Gasteiger partial charge on any atom is 0.224 e. The molecule has 0 aromatic carbocycles. The van der Waals surface area contributed by atoms with Crippen LogP contribution < -0.4 is 4.74 Å². The molecule has 0 bridgehead atoms. The Morgan fingerprint density at radius 1 is 1.69 bits per heavy atom. The van der Waals surface area contributed by atoms with E-state index in [1.807, 2.05) is 0 Å². The number of hydrogen-bond donors (Lipinski definition) is 0. The van der Waals surface area contributed by atoms with Crippen molar-refractivity contribution in [1.29, 1.82) is 0 Å².